The van der Waals surface area contributed by atoms with E-state index in [1.54, 1.807) is 7.05 Å². The first kappa shape index (κ1) is 25.7. The summed E-state index contributed by atoms with van der Waals surface area (Å²) in [6, 6.07) is 10.2. The van der Waals surface area contributed by atoms with Gasteiger partial charge in [-0.25, -0.2) is 0 Å². The van der Waals surface area contributed by atoms with E-state index in [4.69, 9.17) is 4.74 Å². The first-order valence-corrected chi connectivity index (χ1v) is 11.7. The third kappa shape index (κ3) is 5.77. The van der Waals surface area contributed by atoms with Crippen molar-refractivity contribution in [3.05, 3.63) is 48.0 Å². The zero-order chi connectivity index (χ0) is 22.5. The number of carbonyl (C=O) groups excluding carboxylic acids is 2. The number of carbonyl (C=O) groups is 2. The number of amides is 2. The lowest BCUT2D eigenvalue weighted by Crippen LogP contribution is -2.40. The highest BCUT2D eigenvalue weighted by Crippen LogP contribution is 2.52. The maximum atomic E-state index is 12.7. The Hall–Kier alpha value is -1.94. The Morgan fingerprint density at radius 3 is 2.27 bits per heavy atom. The summed E-state index contributed by atoms with van der Waals surface area (Å²) >= 11 is 0. The van der Waals surface area contributed by atoms with Crippen molar-refractivity contribution in [3.8, 4) is 0 Å². The highest BCUT2D eigenvalue weighted by atomic mass is 127. The number of rotatable bonds is 10. The van der Waals surface area contributed by atoms with Crippen molar-refractivity contribution in [3.63, 3.8) is 0 Å². The zero-order valence-electron chi connectivity index (χ0n) is 19.4. The van der Waals surface area contributed by atoms with Crippen molar-refractivity contribution >= 4 is 41.8 Å². The smallest absolute Gasteiger partial charge is 0.233 e. The van der Waals surface area contributed by atoms with Crippen LogP contribution in [-0.4, -0.2) is 56.0 Å². The average molecular weight is 566 g/mol. The zero-order valence-corrected chi connectivity index (χ0v) is 21.7. The number of benzene rings is 1. The van der Waals surface area contributed by atoms with Gasteiger partial charge in [0, 0.05) is 33.3 Å². The molecule has 5 atom stereocenters. The summed E-state index contributed by atoms with van der Waals surface area (Å²) in [6.45, 7) is 4.60. The van der Waals surface area contributed by atoms with Gasteiger partial charge in [-0.1, -0.05) is 42.5 Å². The van der Waals surface area contributed by atoms with E-state index in [1.807, 2.05) is 18.2 Å². The number of nitrogens with one attached hydrogen (secondary N) is 2. The topological polar surface area (TPSA) is 83.0 Å². The van der Waals surface area contributed by atoms with Crippen LogP contribution in [-0.2, 0) is 14.3 Å². The van der Waals surface area contributed by atoms with E-state index >= 15 is 0 Å². The molecule has 0 spiro atoms. The number of halogens is 1. The number of allylic oxidation sites excluding steroid dienone is 2. The van der Waals surface area contributed by atoms with Crippen LogP contribution in [0.25, 0.3) is 0 Å². The summed E-state index contributed by atoms with van der Waals surface area (Å²) in [5.41, 5.74) is 1.18. The molecule has 180 valence electrons. The quantitative estimate of drug-likeness (QED) is 0.114. The van der Waals surface area contributed by atoms with E-state index < -0.39 is 0 Å². The molecule has 1 saturated carbocycles. The van der Waals surface area contributed by atoms with E-state index in [-0.39, 0.29) is 65.6 Å². The van der Waals surface area contributed by atoms with Crippen LogP contribution in [0, 0.1) is 23.7 Å². The second-order valence-corrected chi connectivity index (χ2v) is 8.88. The normalized spacial score (nSPS) is 26.4. The van der Waals surface area contributed by atoms with Gasteiger partial charge >= 0.3 is 0 Å². The van der Waals surface area contributed by atoms with Crippen molar-refractivity contribution < 1.29 is 14.3 Å². The standard InChI is InChI=1S/C25H34N4O3.HI/c1-17(18-8-4-3-5-9-18)32-15-7-13-28-25(26-2)27-12-6-14-29-23(30)21-19-10-11-20(16-19)22(21)24(29)31;/h3-5,8-11,17,19-22H,6-7,12-16H2,1-2H3,(H2,26,27,28);1H. The minimum atomic E-state index is -0.105. The maximum absolute atomic E-state index is 12.7. The lowest BCUT2D eigenvalue weighted by molar-refractivity contribution is -0.140. The van der Waals surface area contributed by atoms with Gasteiger partial charge < -0.3 is 15.4 Å². The Morgan fingerprint density at radius 2 is 1.67 bits per heavy atom. The number of aliphatic imine (C=N–C) groups is 1. The molecule has 1 aromatic carbocycles. The number of nitrogens with zero attached hydrogens (tertiary/aromatic N) is 2. The molecule has 3 aliphatic rings. The van der Waals surface area contributed by atoms with E-state index in [0.29, 0.717) is 26.1 Å². The van der Waals surface area contributed by atoms with Crippen molar-refractivity contribution in [1.29, 1.82) is 0 Å². The summed E-state index contributed by atoms with van der Waals surface area (Å²) in [6.07, 6.45) is 6.89. The third-order valence-electron chi connectivity index (χ3n) is 6.89. The summed E-state index contributed by atoms with van der Waals surface area (Å²) in [4.78, 5) is 31.2. The predicted molar refractivity (Wildman–Crippen MR) is 139 cm³/mol. The van der Waals surface area contributed by atoms with Gasteiger partial charge in [0.25, 0.3) is 0 Å². The number of fused-ring (bicyclic) bond motifs is 5. The molecular weight excluding hydrogens is 531 g/mol. The van der Waals surface area contributed by atoms with Crippen LogP contribution in [0.4, 0.5) is 0 Å². The fourth-order valence-electron chi connectivity index (χ4n) is 5.21. The van der Waals surface area contributed by atoms with Gasteiger partial charge in [-0.3, -0.25) is 19.5 Å². The summed E-state index contributed by atoms with van der Waals surface area (Å²) in [7, 11) is 1.74. The molecule has 5 unspecified atom stereocenters. The molecular formula is C25H35IN4O3. The number of hydrogen-bond donors (Lipinski definition) is 2. The minimum Gasteiger partial charge on any atom is -0.374 e. The molecule has 2 amide bonds. The third-order valence-corrected chi connectivity index (χ3v) is 6.89. The molecule has 4 rings (SSSR count). The Bertz CT molecular complexity index is 846. The van der Waals surface area contributed by atoms with Gasteiger partial charge in [0.1, 0.15) is 0 Å². The number of imide groups is 1. The van der Waals surface area contributed by atoms with Gasteiger partial charge in [0.2, 0.25) is 11.8 Å². The van der Waals surface area contributed by atoms with Crippen LogP contribution in [0.15, 0.2) is 47.5 Å². The van der Waals surface area contributed by atoms with Crippen LogP contribution < -0.4 is 10.6 Å². The number of hydrogen-bond acceptors (Lipinski definition) is 4. The predicted octanol–water partition coefficient (Wildman–Crippen LogP) is 3.13. The molecule has 2 N–H and O–H groups in total. The molecule has 2 aliphatic carbocycles. The minimum absolute atomic E-state index is 0. The molecule has 1 aliphatic heterocycles. The molecule has 1 aromatic rings. The van der Waals surface area contributed by atoms with Crippen molar-refractivity contribution in [2.24, 2.45) is 28.7 Å². The summed E-state index contributed by atoms with van der Waals surface area (Å²) in [5.74, 6) is 1.12. The van der Waals surface area contributed by atoms with Gasteiger partial charge in [0.05, 0.1) is 17.9 Å². The van der Waals surface area contributed by atoms with Crippen LogP contribution in [0.2, 0.25) is 0 Å². The Morgan fingerprint density at radius 1 is 1.06 bits per heavy atom. The van der Waals surface area contributed by atoms with Gasteiger partial charge in [-0.2, -0.15) is 0 Å². The molecule has 2 bridgehead atoms. The number of guanidine groups is 1. The fourth-order valence-corrected chi connectivity index (χ4v) is 5.21. The first-order chi connectivity index (χ1) is 15.6. The molecule has 0 radical (unpaired) electrons. The monoisotopic (exact) mass is 566 g/mol. The van der Waals surface area contributed by atoms with E-state index in [0.717, 1.165) is 25.3 Å². The Kier molecular flexibility index (Phi) is 9.31. The highest BCUT2D eigenvalue weighted by molar-refractivity contribution is 14.0. The molecule has 33 heavy (non-hydrogen) atoms. The first-order valence-electron chi connectivity index (χ1n) is 11.7. The SMILES string of the molecule is CN=C(NCCCOC(C)c1ccccc1)NCCCN1C(=O)C2C3C=CC(C3)C2C1=O.I. The molecule has 7 nitrogen and oxygen atoms in total. The van der Waals surface area contributed by atoms with Crippen molar-refractivity contribution in [1.82, 2.24) is 15.5 Å². The molecule has 8 heteroatoms. The summed E-state index contributed by atoms with van der Waals surface area (Å²) < 4.78 is 5.90. The van der Waals surface area contributed by atoms with Crippen LogP contribution >= 0.6 is 24.0 Å². The molecule has 0 aromatic heterocycles. The van der Waals surface area contributed by atoms with Gasteiger partial charge in [0.15, 0.2) is 5.96 Å². The molecule has 1 saturated heterocycles. The van der Waals surface area contributed by atoms with E-state index in [1.165, 1.54) is 10.5 Å². The van der Waals surface area contributed by atoms with Crippen molar-refractivity contribution in [2.75, 3.05) is 33.3 Å². The average Bonchev–Trinajstić information content (AvgIpc) is 3.50. The molecule has 2 fully saturated rings. The second-order valence-electron chi connectivity index (χ2n) is 8.88. The highest BCUT2D eigenvalue weighted by Gasteiger charge is 2.58. The Labute approximate surface area is 213 Å². The van der Waals surface area contributed by atoms with Gasteiger partial charge in [-0.05, 0) is 43.6 Å². The maximum Gasteiger partial charge on any atom is 0.233 e. The number of ether oxygens (including phenoxy) is 1. The number of likely N-dealkylation sites (tertiary alicyclic amines) is 1. The van der Waals surface area contributed by atoms with E-state index in [9.17, 15) is 9.59 Å². The van der Waals surface area contributed by atoms with Crippen LogP contribution in [0.3, 0.4) is 0 Å². The van der Waals surface area contributed by atoms with E-state index in [2.05, 4.69) is 46.8 Å². The lowest BCUT2D eigenvalue weighted by atomic mass is 9.85. The van der Waals surface area contributed by atoms with Crippen LogP contribution in [0.5, 0.6) is 0 Å². The fraction of sp³-hybridized carbons (Fsp3) is 0.560. The molecule has 1 heterocycles. The second kappa shape index (κ2) is 12.0. The summed E-state index contributed by atoms with van der Waals surface area (Å²) in [5, 5.41) is 6.55. The van der Waals surface area contributed by atoms with Gasteiger partial charge in [-0.15, -0.1) is 24.0 Å². The van der Waals surface area contributed by atoms with Crippen molar-refractivity contribution in [2.45, 2.75) is 32.3 Å². The lowest BCUT2D eigenvalue weighted by Gasteiger charge is -2.18. The Balaban J connectivity index is 0.00000306. The largest absolute Gasteiger partial charge is 0.374 e. The van der Waals surface area contributed by atoms with Crippen LogP contribution in [0.1, 0.15) is 37.9 Å².